The number of para-hydroxylation sites is 1. The summed E-state index contributed by atoms with van der Waals surface area (Å²) in [6.45, 7) is 4.56. The van der Waals surface area contributed by atoms with Gasteiger partial charge in [0.15, 0.2) is 0 Å². The molecule has 0 saturated carbocycles. The Hall–Kier alpha value is -3.06. The van der Waals surface area contributed by atoms with Crippen molar-refractivity contribution in [1.82, 2.24) is 14.4 Å². The number of carbonyl (C=O) groups excluding carboxylic acids is 1. The molecule has 4 aromatic rings. The van der Waals surface area contributed by atoms with E-state index in [-0.39, 0.29) is 12.1 Å². The molecule has 1 N–H and O–H groups in total. The zero-order chi connectivity index (χ0) is 24.1. The van der Waals surface area contributed by atoms with Crippen LogP contribution in [0.1, 0.15) is 38.9 Å². The topological polar surface area (TPSA) is 40.5 Å². The first-order valence-corrected chi connectivity index (χ1v) is 13.1. The molecule has 2 aliphatic heterocycles. The number of likely N-dealkylation sites (N-methyl/N-ethyl adjacent to an activating group) is 1. The highest BCUT2D eigenvalue weighted by molar-refractivity contribution is 7.15. The van der Waals surface area contributed by atoms with E-state index in [1.165, 1.54) is 21.0 Å². The number of aromatic nitrogens is 1. The van der Waals surface area contributed by atoms with Gasteiger partial charge in [-0.15, -0.1) is 11.3 Å². The lowest BCUT2D eigenvalue weighted by Gasteiger charge is -2.32. The number of fused-ring (bicyclic) bond motifs is 5. The molecule has 2 aromatic carbocycles. The van der Waals surface area contributed by atoms with Gasteiger partial charge in [-0.05, 0) is 67.4 Å². The standard InChI is InChI=1S/C28H27ClN4OS/c1-18-6-3-4-7-23(18)30-28(34)33-16-22-21-13-15-31(2)17-25(21)35-27(22)32-14-5-8-24(32)26(33)19-9-11-20(29)12-10-19/h3-12,14,26H,13,15-17H2,1-2H3,(H,30,34)/t26-/m0/s1. The first kappa shape index (κ1) is 22.4. The van der Waals surface area contributed by atoms with E-state index in [1.54, 1.807) is 0 Å². The molecule has 2 aliphatic rings. The molecule has 0 radical (unpaired) electrons. The van der Waals surface area contributed by atoms with Crippen LogP contribution in [0.2, 0.25) is 5.02 Å². The Morgan fingerprint density at radius 1 is 1.03 bits per heavy atom. The number of urea groups is 1. The van der Waals surface area contributed by atoms with Gasteiger partial charge in [-0.2, -0.15) is 0 Å². The third-order valence-electron chi connectivity index (χ3n) is 7.09. The van der Waals surface area contributed by atoms with Gasteiger partial charge in [-0.3, -0.25) is 0 Å². The van der Waals surface area contributed by atoms with Crippen LogP contribution in [0.15, 0.2) is 66.9 Å². The number of aryl methyl sites for hydroxylation is 1. The minimum Gasteiger partial charge on any atom is -0.310 e. The molecule has 35 heavy (non-hydrogen) atoms. The van der Waals surface area contributed by atoms with Crippen molar-refractivity contribution >= 4 is 34.7 Å². The van der Waals surface area contributed by atoms with E-state index in [0.29, 0.717) is 11.6 Å². The van der Waals surface area contributed by atoms with Crippen LogP contribution >= 0.6 is 22.9 Å². The van der Waals surface area contributed by atoms with Crippen molar-refractivity contribution in [1.29, 1.82) is 0 Å². The molecule has 6 rings (SSSR count). The number of halogens is 1. The van der Waals surface area contributed by atoms with Crippen molar-refractivity contribution in [2.45, 2.75) is 32.5 Å². The summed E-state index contributed by atoms with van der Waals surface area (Å²) in [5, 5.41) is 5.12. The summed E-state index contributed by atoms with van der Waals surface area (Å²) in [5.74, 6) is 0. The second-order valence-electron chi connectivity index (χ2n) is 9.41. The highest BCUT2D eigenvalue weighted by atomic mass is 35.5. The molecule has 4 heterocycles. The molecule has 7 heteroatoms. The molecule has 0 bridgehead atoms. The number of rotatable bonds is 2. The molecule has 0 spiro atoms. The fourth-order valence-corrected chi connectivity index (χ4v) is 6.82. The summed E-state index contributed by atoms with van der Waals surface area (Å²) < 4.78 is 2.29. The summed E-state index contributed by atoms with van der Waals surface area (Å²) >= 11 is 8.10. The lowest BCUT2D eigenvalue weighted by atomic mass is 10.0. The van der Waals surface area contributed by atoms with E-state index in [0.717, 1.165) is 42.0 Å². The van der Waals surface area contributed by atoms with Crippen LogP contribution < -0.4 is 5.32 Å². The van der Waals surface area contributed by atoms with Gasteiger partial charge in [0.1, 0.15) is 5.00 Å². The number of nitrogens with zero attached hydrogens (tertiary/aromatic N) is 3. The highest BCUT2D eigenvalue weighted by Crippen LogP contribution is 2.43. The second-order valence-corrected chi connectivity index (χ2v) is 10.9. The van der Waals surface area contributed by atoms with Crippen LogP contribution in [0.3, 0.4) is 0 Å². The zero-order valence-corrected chi connectivity index (χ0v) is 21.4. The number of thiophene rings is 1. The highest BCUT2D eigenvalue weighted by Gasteiger charge is 2.36. The summed E-state index contributed by atoms with van der Waals surface area (Å²) in [5.41, 5.74) is 6.68. The molecule has 2 amide bonds. The Labute approximate surface area is 214 Å². The van der Waals surface area contributed by atoms with Crippen LogP contribution in [-0.4, -0.2) is 34.0 Å². The van der Waals surface area contributed by atoms with Crippen molar-refractivity contribution in [2.24, 2.45) is 0 Å². The van der Waals surface area contributed by atoms with Gasteiger partial charge in [0.05, 0.1) is 18.3 Å². The van der Waals surface area contributed by atoms with Crippen molar-refractivity contribution in [2.75, 3.05) is 18.9 Å². The van der Waals surface area contributed by atoms with Crippen LogP contribution in [0.4, 0.5) is 10.5 Å². The number of hydrogen-bond acceptors (Lipinski definition) is 3. The quantitative estimate of drug-likeness (QED) is 0.334. The SMILES string of the molecule is Cc1ccccc1NC(=O)N1Cc2c(sc3c2CCN(C)C3)-n2cccc2[C@@H]1c1ccc(Cl)cc1. The number of benzene rings is 2. The van der Waals surface area contributed by atoms with E-state index in [9.17, 15) is 4.79 Å². The molecular formula is C28H27ClN4OS. The van der Waals surface area contributed by atoms with E-state index in [4.69, 9.17) is 11.6 Å². The van der Waals surface area contributed by atoms with Crippen LogP contribution in [0.25, 0.3) is 5.00 Å². The van der Waals surface area contributed by atoms with Crippen molar-refractivity contribution < 1.29 is 4.79 Å². The molecule has 0 saturated heterocycles. The molecule has 0 fully saturated rings. The zero-order valence-electron chi connectivity index (χ0n) is 19.8. The van der Waals surface area contributed by atoms with E-state index >= 15 is 0 Å². The summed E-state index contributed by atoms with van der Waals surface area (Å²) in [7, 11) is 2.17. The third-order valence-corrected chi connectivity index (χ3v) is 8.60. The fraction of sp³-hybridized carbons (Fsp3) is 0.250. The average Bonchev–Trinajstić information content (AvgIpc) is 3.43. The number of anilines is 1. The van der Waals surface area contributed by atoms with E-state index in [1.807, 2.05) is 71.7 Å². The molecule has 0 unspecified atom stereocenters. The Kier molecular flexibility index (Phi) is 5.67. The number of carbonyl (C=O) groups is 1. The summed E-state index contributed by atoms with van der Waals surface area (Å²) in [4.78, 5) is 19.7. The van der Waals surface area contributed by atoms with Gasteiger partial charge in [-0.25, -0.2) is 4.79 Å². The predicted molar refractivity (Wildman–Crippen MR) is 143 cm³/mol. The maximum absolute atomic E-state index is 14.0. The largest absolute Gasteiger partial charge is 0.322 e. The number of amides is 2. The Morgan fingerprint density at radius 2 is 1.83 bits per heavy atom. The van der Waals surface area contributed by atoms with Gasteiger partial charge in [0, 0.05) is 40.4 Å². The minimum atomic E-state index is -0.243. The number of nitrogens with one attached hydrogen (secondary N) is 1. The van der Waals surface area contributed by atoms with Crippen molar-refractivity contribution in [3.05, 3.63) is 105 Å². The van der Waals surface area contributed by atoms with Crippen LogP contribution in [0, 0.1) is 6.92 Å². The normalized spacial score (nSPS) is 17.3. The Bertz CT molecular complexity index is 1410. The first-order chi connectivity index (χ1) is 17.0. The molecule has 5 nitrogen and oxygen atoms in total. The van der Waals surface area contributed by atoms with Crippen molar-refractivity contribution in [3.8, 4) is 5.00 Å². The van der Waals surface area contributed by atoms with Gasteiger partial charge in [-0.1, -0.05) is 41.9 Å². The second kappa shape index (κ2) is 8.86. The fourth-order valence-electron chi connectivity index (χ4n) is 5.25. The molecule has 2 aromatic heterocycles. The smallest absolute Gasteiger partial charge is 0.310 e. The van der Waals surface area contributed by atoms with Crippen molar-refractivity contribution in [3.63, 3.8) is 0 Å². The monoisotopic (exact) mass is 502 g/mol. The molecule has 1 atom stereocenters. The van der Waals surface area contributed by atoms with Gasteiger partial charge >= 0.3 is 6.03 Å². The Morgan fingerprint density at radius 3 is 2.63 bits per heavy atom. The van der Waals surface area contributed by atoms with Crippen LogP contribution in [0.5, 0.6) is 0 Å². The number of hydrogen-bond donors (Lipinski definition) is 1. The van der Waals surface area contributed by atoms with Crippen LogP contribution in [-0.2, 0) is 19.5 Å². The summed E-state index contributed by atoms with van der Waals surface area (Å²) in [6.07, 6.45) is 3.14. The Balaban J connectivity index is 1.50. The average molecular weight is 503 g/mol. The van der Waals surface area contributed by atoms with E-state index < -0.39 is 0 Å². The molecular weight excluding hydrogens is 476 g/mol. The van der Waals surface area contributed by atoms with Gasteiger partial charge in [0.25, 0.3) is 0 Å². The lowest BCUT2D eigenvalue weighted by Crippen LogP contribution is -2.38. The maximum Gasteiger partial charge on any atom is 0.322 e. The van der Waals surface area contributed by atoms with Gasteiger partial charge in [0.2, 0.25) is 0 Å². The predicted octanol–water partition coefficient (Wildman–Crippen LogP) is 6.63. The van der Waals surface area contributed by atoms with Gasteiger partial charge < -0.3 is 19.7 Å². The van der Waals surface area contributed by atoms with E-state index in [2.05, 4.69) is 40.2 Å². The minimum absolute atomic E-state index is 0.104. The first-order valence-electron chi connectivity index (χ1n) is 11.9. The lowest BCUT2D eigenvalue weighted by molar-refractivity contribution is 0.194. The third kappa shape index (κ3) is 3.96. The molecule has 178 valence electrons. The molecule has 0 aliphatic carbocycles. The summed E-state index contributed by atoms with van der Waals surface area (Å²) in [6, 6.07) is 19.6. The maximum atomic E-state index is 14.0.